The van der Waals surface area contributed by atoms with Crippen molar-refractivity contribution in [3.05, 3.63) is 174 Å². The number of para-hydroxylation sites is 5. The van der Waals surface area contributed by atoms with Gasteiger partial charge in [0.1, 0.15) is 11.4 Å². The van der Waals surface area contributed by atoms with E-state index in [1.807, 2.05) is 0 Å². The summed E-state index contributed by atoms with van der Waals surface area (Å²) >= 11 is 0. The SMILES string of the molecule is CC(C)c1cccc(C(C)C)c1-n1[cH+]n(-c2c(C(C)C)cccc2C(C)C)c2ccccc21.[Au].c1ccc2c(c1)[n-]c1cc3c4ccccc4c4ccccc4c3cc12. The van der Waals surface area contributed by atoms with Gasteiger partial charge < -0.3 is 4.98 Å². The molecule has 0 N–H and O–H groups in total. The van der Waals surface area contributed by atoms with E-state index in [2.05, 4.69) is 216 Å². The van der Waals surface area contributed by atoms with Crippen LogP contribution in [0.4, 0.5) is 0 Å². The van der Waals surface area contributed by atoms with Crippen LogP contribution in [0.1, 0.15) is 101 Å². The first-order chi connectivity index (χ1) is 28.1. The van der Waals surface area contributed by atoms with Crippen LogP contribution in [-0.2, 0) is 22.4 Å². The maximum absolute atomic E-state index is 4.85. The molecule has 0 atom stereocenters. The number of fused-ring (bicyclic) bond motifs is 10. The van der Waals surface area contributed by atoms with E-state index in [1.165, 1.54) is 87.8 Å². The summed E-state index contributed by atoms with van der Waals surface area (Å²) in [5, 5.41) is 10.3. The number of nitrogens with zero attached hydrogens (tertiary/aromatic N) is 3. The van der Waals surface area contributed by atoms with Gasteiger partial charge in [0, 0.05) is 56.8 Å². The monoisotopic (exact) mass is 952 g/mol. The van der Waals surface area contributed by atoms with Crippen LogP contribution in [0.5, 0.6) is 0 Å². The van der Waals surface area contributed by atoms with E-state index in [1.54, 1.807) is 0 Å². The molecule has 0 amide bonds. The Kier molecular flexibility index (Phi) is 11.1. The van der Waals surface area contributed by atoms with E-state index < -0.39 is 0 Å². The third kappa shape index (κ3) is 7.00. The van der Waals surface area contributed by atoms with Crippen molar-refractivity contribution in [3.63, 3.8) is 0 Å². The minimum atomic E-state index is 0. The number of aromatic nitrogens is 3. The Morgan fingerprint density at radius 2 is 0.712 bits per heavy atom. The number of hydrogen-bond donors (Lipinski definition) is 0. The minimum absolute atomic E-state index is 0. The van der Waals surface area contributed by atoms with Gasteiger partial charge in [-0.05, 0) is 97.1 Å². The first-order valence-electron chi connectivity index (χ1n) is 21.1. The van der Waals surface area contributed by atoms with E-state index >= 15 is 0 Å². The van der Waals surface area contributed by atoms with Crippen molar-refractivity contribution in [1.82, 2.24) is 14.1 Å². The molecule has 10 rings (SSSR count). The Morgan fingerprint density at radius 3 is 1.14 bits per heavy atom. The summed E-state index contributed by atoms with van der Waals surface area (Å²) in [4.78, 5) is 4.85. The molecule has 4 heteroatoms. The van der Waals surface area contributed by atoms with Crippen LogP contribution in [0.3, 0.4) is 0 Å². The molecule has 0 fully saturated rings. The third-order valence-electron chi connectivity index (χ3n) is 12.1. The maximum atomic E-state index is 4.85. The van der Waals surface area contributed by atoms with Crippen molar-refractivity contribution < 1.29 is 22.4 Å². The predicted octanol–water partition coefficient (Wildman–Crippen LogP) is 15.6. The summed E-state index contributed by atoms with van der Waals surface area (Å²) in [5.41, 5.74) is 12.9. The Bertz CT molecular complexity index is 2990. The third-order valence-corrected chi connectivity index (χ3v) is 12.1. The molecule has 0 bridgehead atoms. The first kappa shape index (κ1) is 40.3. The van der Waals surface area contributed by atoms with Crippen molar-refractivity contribution >= 4 is 65.2 Å². The molecule has 0 aliphatic heterocycles. The topological polar surface area (TPSA) is 24.0 Å². The molecule has 0 saturated carbocycles. The molecule has 0 unspecified atom stereocenters. The summed E-state index contributed by atoms with van der Waals surface area (Å²) in [7, 11) is 0. The average molecular weight is 953 g/mol. The molecule has 0 saturated heterocycles. The molecule has 2 heterocycles. The fourth-order valence-electron chi connectivity index (χ4n) is 9.22. The molecule has 0 aliphatic carbocycles. The smallest absolute Gasteiger partial charge is 0.168 e. The summed E-state index contributed by atoms with van der Waals surface area (Å²) in [5.74, 6) is 1.79. The molecule has 299 valence electrons. The number of rotatable bonds is 6. The molecular formula is C55H53AuN3. The zero-order valence-electron chi connectivity index (χ0n) is 35.4. The van der Waals surface area contributed by atoms with Gasteiger partial charge in [-0.3, -0.25) is 0 Å². The van der Waals surface area contributed by atoms with Gasteiger partial charge in [-0.1, -0.05) is 159 Å². The molecule has 2 aromatic heterocycles. The van der Waals surface area contributed by atoms with Crippen LogP contribution in [0, 0.1) is 0 Å². The van der Waals surface area contributed by atoms with Crippen LogP contribution in [-0.4, -0.2) is 9.13 Å². The molecule has 0 spiro atoms. The second kappa shape index (κ2) is 16.3. The van der Waals surface area contributed by atoms with Gasteiger partial charge in [0.15, 0.2) is 17.4 Å². The van der Waals surface area contributed by atoms with Gasteiger partial charge >= 0.3 is 0 Å². The molecule has 3 nitrogen and oxygen atoms in total. The molecule has 59 heavy (non-hydrogen) atoms. The molecule has 8 aromatic carbocycles. The molecule has 10 aromatic rings. The van der Waals surface area contributed by atoms with Gasteiger partial charge in [0.25, 0.3) is 0 Å². The van der Waals surface area contributed by atoms with E-state index in [-0.39, 0.29) is 22.4 Å². The van der Waals surface area contributed by atoms with Gasteiger partial charge in [-0.2, -0.15) is 9.13 Å². The normalized spacial score (nSPS) is 11.9. The van der Waals surface area contributed by atoms with Gasteiger partial charge in [-0.25, -0.2) is 0 Å². The second-order valence-electron chi connectivity index (χ2n) is 17.2. The fourth-order valence-corrected chi connectivity index (χ4v) is 9.22. The first-order valence-corrected chi connectivity index (χ1v) is 21.1. The summed E-state index contributed by atoms with van der Waals surface area (Å²) in [6.07, 6.45) is 2.34. The standard InChI is InChI=1S/C31H39N2.C24H14N.Au/c1-20(2)24-13-11-14-25(21(3)4)30(24)32-19-33(29-18-10-9-17-28(29)32)31-26(22(5)6)15-12-16-27(31)23(7)8;1-3-9-17-15(7-1)16-8-2-4-10-18(16)21-14-24-22(13-20(17)21)19-11-5-6-12-23(19)25-24;/h9-23H,1-8H3;1-14H;/q+1;-1;. The van der Waals surface area contributed by atoms with Crippen LogP contribution >= 0.6 is 0 Å². The zero-order chi connectivity index (χ0) is 40.2. The quantitative estimate of drug-likeness (QED) is 0.0926. The van der Waals surface area contributed by atoms with Crippen molar-refractivity contribution in [2.75, 3.05) is 0 Å². The van der Waals surface area contributed by atoms with E-state index in [4.69, 9.17) is 4.98 Å². The van der Waals surface area contributed by atoms with Crippen molar-refractivity contribution in [3.8, 4) is 11.4 Å². The molecule has 1 radical (unpaired) electrons. The maximum Gasteiger partial charge on any atom is 0.168 e. The fraction of sp³-hybridized carbons (Fsp3) is 0.218. The predicted molar refractivity (Wildman–Crippen MR) is 251 cm³/mol. The second-order valence-corrected chi connectivity index (χ2v) is 17.2. The Morgan fingerprint density at radius 1 is 0.356 bits per heavy atom. The van der Waals surface area contributed by atoms with E-state index in [0.29, 0.717) is 23.7 Å². The van der Waals surface area contributed by atoms with Gasteiger partial charge in [0.2, 0.25) is 0 Å². The zero-order valence-corrected chi connectivity index (χ0v) is 37.6. The number of benzene rings is 8. The molecular weight excluding hydrogens is 900 g/mol. The van der Waals surface area contributed by atoms with Crippen molar-refractivity contribution in [2.45, 2.75) is 79.1 Å². The molecule has 0 aliphatic rings. The Hall–Kier alpha value is -5.45. The van der Waals surface area contributed by atoms with E-state index in [9.17, 15) is 0 Å². The van der Waals surface area contributed by atoms with Crippen molar-refractivity contribution in [2.24, 2.45) is 0 Å². The Balaban J connectivity index is 0.000000166. The van der Waals surface area contributed by atoms with Gasteiger partial charge in [-0.15, -0.1) is 11.0 Å². The number of imidazole rings is 1. The summed E-state index contributed by atoms with van der Waals surface area (Å²) < 4.78 is 4.89. The van der Waals surface area contributed by atoms with Crippen LogP contribution in [0.2, 0.25) is 0 Å². The Labute approximate surface area is 364 Å². The number of hydrogen-bond acceptors (Lipinski definition) is 0. The van der Waals surface area contributed by atoms with Crippen molar-refractivity contribution in [1.29, 1.82) is 0 Å². The summed E-state index contributed by atoms with van der Waals surface area (Å²) in [6.45, 7) is 18.4. The van der Waals surface area contributed by atoms with Crippen LogP contribution in [0.25, 0.3) is 76.5 Å². The summed E-state index contributed by atoms with van der Waals surface area (Å²) in [6, 6.07) is 52.9. The largest absolute Gasteiger partial charge is 0.657 e. The average Bonchev–Trinajstić information content (AvgIpc) is 3.81. The van der Waals surface area contributed by atoms with E-state index in [0.717, 1.165) is 11.0 Å². The minimum Gasteiger partial charge on any atom is -0.657 e. The van der Waals surface area contributed by atoms with Crippen LogP contribution in [0.15, 0.2) is 152 Å². The van der Waals surface area contributed by atoms with Crippen LogP contribution < -0.4 is 4.98 Å². The van der Waals surface area contributed by atoms with Gasteiger partial charge in [0.05, 0.1) is 0 Å².